The van der Waals surface area contributed by atoms with Crippen molar-refractivity contribution in [2.75, 3.05) is 19.8 Å². The number of hydrogen-bond donors (Lipinski definition) is 3. The molecule has 3 N–H and O–H groups in total. The molecule has 1 aliphatic rings. The highest BCUT2D eigenvalue weighted by Gasteiger charge is 2.38. The lowest BCUT2D eigenvalue weighted by Gasteiger charge is -2.31. The standard InChI is InChI=1S/C16H26N2O2/c1-16(2)8-14(17-15(11-19)12-20)10-18(16)9-13-6-4-3-5-7-13/h3-7,14-15,17,19-20H,8-12H2,1-2H3. The van der Waals surface area contributed by atoms with Gasteiger partial charge in [0.15, 0.2) is 0 Å². The molecule has 1 heterocycles. The van der Waals surface area contributed by atoms with Crippen LogP contribution in [-0.2, 0) is 6.54 Å². The summed E-state index contributed by atoms with van der Waals surface area (Å²) in [4.78, 5) is 2.46. The monoisotopic (exact) mass is 278 g/mol. The highest BCUT2D eigenvalue weighted by atomic mass is 16.3. The van der Waals surface area contributed by atoms with Crippen LogP contribution in [0.2, 0.25) is 0 Å². The summed E-state index contributed by atoms with van der Waals surface area (Å²) in [5.41, 5.74) is 1.45. The van der Waals surface area contributed by atoms with Gasteiger partial charge in [0.2, 0.25) is 0 Å². The molecule has 0 aliphatic carbocycles. The predicted molar refractivity (Wildman–Crippen MR) is 80.4 cm³/mol. The molecule has 1 atom stereocenters. The fourth-order valence-corrected chi connectivity index (χ4v) is 3.00. The van der Waals surface area contributed by atoms with E-state index < -0.39 is 0 Å². The number of nitrogens with zero attached hydrogens (tertiary/aromatic N) is 1. The molecule has 0 saturated carbocycles. The number of hydrogen-bond acceptors (Lipinski definition) is 4. The van der Waals surface area contributed by atoms with Gasteiger partial charge in [-0.25, -0.2) is 0 Å². The van der Waals surface area contributed by atoms with Crippen molar-refractivity contribution in [3.8, 4) is 0 Å². The van der Waals surface area contributed by atoms with E-state index >= 15 is 0 Å². The van der Waals surface area contributed by atoms with E-state index in [0.717, 1.165) is 19.5 Å². The Morgan fingerprint density at radius 3 is 2.50 bits per heavy atom. The number of likely N-dealkylation sites (tertiary alicyclic amines) is 1. The van der Waals surface area contributed by atoms with Crippen LogP contribution < -0.4 is 5.32 Å². The minimum Gasteiger partial charge on any atom is -0.395 e. The van der Waals surface area contributed by atoms with E-state index in [2.05, 4.69) is 48.3 Å². The summed E-state index contributed by atoms with van der Waals surface area (Å²) in [5, 5.41) is 21.7. The molecule has 4 nitrogen and oxygen atoms in total. The zero-order chi connectivity index (χ0) is 14.6. The van der Waals surface area contributed by atoms with Crippen LogP contribution >= 0.6 is 0 Å². The Kier molecular flexibility index (Phi) is 5.16. The number of benzene rings is 1. The third kappa shape index (κ3) is 3.79. The van der Waals surface area contributed by atoms with Gasteiger partial charge in [-0.3, -0.25) is 4.90 Å². The Balaban J connectivity index is 1.97. The van der Waals surface area contributed by atoms with E-state index in [1.165, 1.54) is 5.56 Å². The highest BCUT2D eigenvalue weighted by molar-refractivity contribution is 5.15. The second kappa shape index (κ2) is 6.68. The van der Waals surface area contributed by atoms with Crippen LogP contribution in [0.1, 0.15) is 25.8 Å². The number of aliphatic hydroxyl groups is 2. The summed E-state index contributed by atoms with van der Waals surface area (Å²) < 4.78 is 0. The number of aliphatic hydroxyl groups excluding tert-OH is 2. The first-order valence-electron chi connectivity index (χ1n) is 7.32. The van der Waals surface area contributed by atoms with E-state index in [4.69, 9.17) is 0 Å². The van der Waals surface area contributed by atoms with Gasteiger partial charge in [-0.2, -0.15) is 0 Å². The Labute approximate surface area is 121 Å². The third-order valence-corrected chi connectivity index (χ3v) is 4.17. The Hall–Kier alpha value is -0.940. The summed E-state index contributed by atoms with van der Waals surface area (Å²) in [7, 11) is 0. The first kappa shape index (κ1) is 15.4. The fraction of sp³-hybridized carbons (Fsp3) is 0.625. The second-order valence-corrected chi connectivity index (χ2v) is 6.31. The Morgan fingerprint density at radius 1 is 1.25 bits per heavy atom. The summed E-state index contributed by atoms with van der Waals surface area (Å²) in [5.74, 6) is 0. The topological polar surface area (TPSA) is 55.7 Å². The lowest BCUT2D eigenvalue weighted by Crippen LogP contribution is -2.44. The third-order valence-electron chi connectivity index (χ3n) is 4.17. The Morgan fingerprint density at radius 2 is 1.90 bits per heavy atom. The molecule has 1 fully saturated rings. The van der Waals surface area contributed by atoms with Gasteiger partial charge in [0.05, 0.1) is 19.3 Å². The molecule has 20 heavy (non-hydrogen) atoms. The first-order valence-corrected chi connectivity index (χ1v) is 7.32. The lowest BCUT2D eigenvalue weighted by molar-refractivity contribution is 0.158. The lowest BCUT2D eigenvalue weighted by atomic mass is 9.99. The van der Waals surface area contributed by atoms with Gasteiger partial charge in [-0.05, 0) is 25.8 Å². The van der Waals surface area contributed by atoms with Gasteiger partial charge >= 0.3 is 0 Å². The largest absolute Gasteiger partial charge is 0.395 e. The molecular weight excluding hydrogens is 252 g/mol. The molecule has 0 bridgehead atoms. The summed E-state index contributed by atoms with van der Waals surface area (Å²) in [6.07, 6.45) is 1.02. The van der Waals surface area contributed by atoms with Crippen LogP contribution in [-0.4, -0.2) is 52.5 Å². The van der Waals surface area contributed by atoms with Crippen LogP contribution in [0, 0.1) is 0 Å². The molecule has 2 rings (SSSR count). The average molecular weight is 278 g/mol. The van der Waals surface area contributed by atoms with Crippen molar-refractivity contribution in [2.24, 2.45) is 0 Å². The molecule has 0 spiro atoms. The molecule has 1 saturated heterocycles. The molecule has 1 aromatic carbocycles. The molecule has 112 valence electrons. The SMILES string of the molecule is CC1(C)CC(NC(CO)CO)CN1Cc1ccccc1. The fourth-order valence-electron chi connectivity index (χ4n) is 3.00. The van der Waals surface area contributed by atoms with Crippen molar-refractivity contribution in [3.63, 3.8) is 0 Å². The zero-order valence-electron chi connectivity index (χ0n) is 12.4. The van der Waals surface area contributed by atoms with E-state index in [1.807, 2.05) is 6.07 Å². The van der Waals surface area contributed by atoms with Crippen LogP contribution in [0.15, 0.2) is 30.3 Å². The maximum absolute atomic E-state index is 9.18. The minimum atomic E-state index is -0.215. The van der Waals surface area contributed by atoms with Crippen LogP contribution in [0.25, 0.3) is 0 Å². The summed E-state index contributed by atoms with van der Waals surface area (Å²) in [6.45, 7) is 6.35. The highest BCUT2D eigenvalue weighted by Crippen LogP contribution is 2.30. The average Bonchev–Trinajstić information content (AvgIpc) is 2.71. The quantitative estimate of drug-likeness (QED) is 0.726. The van der Waals surface area contributed by atoms with Crippen LogP contribution in [0.5, 0.6) is 0 Å². The second-order valence-electron chi connectivity index (χ2n) is 6.31. The summed E-state index contributed by atoms with van der Waals surface area (Å²) in [6, 6.07) is 10.6. The van der Waals surface area contributed by atoms with Crippen molar-refractivity contribution < 1.29 is 10.2 Å². The maximum atomic E-state index is 9.18. The maximum Gasteiger partial charge on any atom is 0.0607 e. The molecule has 1 unspecified atom stereocenters. The molecule has 4 heteroatoms. The van der Waals surface area contributed by atoms with Gasteiger partial charge in [0.25, 0.3) is 0 Å². The molecule has 1 aromatic rings. The van der Waals surface area contributed by atoms with Gasteiger partial charge in [0.1, 0.15) is 0 Å². The van der Waals surface area contributed by atoms with Gasteiger partial charge in [-0.1, -0.05) is 30.3 Å². The minimum absolute atomic E-state index is 0.0217. The van der Waals surface area contributed by atoms with Crippen molar-refractivity contribution in [1.82, 2.24) is 10.2 Å². The van der Waals surface area contributed by atoms with Crippen LogP contribution in [0.3, 0.4) is 0 Å². The van der Waals surface area contributed by atoms with Crippen LogP contribution in [0.4, 0.5) is 0 Å². The van der Waals surface area contributed by atoms with Crippen molar-refractivity contribution in [3.05, 3.63) is 35.9 Å². The number of nitrogens with one attached hydrogen (secondary N) is 1. The number of rotatable bonds is 6. The summed E-state index contributed by atoms with van der Waals surface area (Å²) >= 11 is 0. The van der Waals surface area contributed by atoms with E-state index in [1.54, 1.807) is 0 Å². The van der Waals surface area contributed by atoms with E-state index in [0.29, 0.717) is 6.04 Å². The Bertz CT molecular complexity index is 404. The van der Waals surface area contributed by atoms with Crippen molar-refractivity contribution in [1.29, 1.82) is 0 Å². The molecule has 0 aromatic heterocycles. The normalized spacial score (nSPS) is 22.6. The molecular formula is C16H26N2O2. The van der Waals surface area contributed by atoms with Gasteiger partial charge in [0, 0.05) is 24.7 Å². The van der Waals surface area contributed by atoms with Gasteiger partial charge < -0.3 is 15.5 Å². The molecule has 1 aliphatic heterocycles. The van der Waals surface area contributed by atoms with Crippen molar-refractivity contribution >= 4 is 0 Å². The smallest absolute Gasteiger partial charge is 0.0607 e. The zero-order valence-corrected chi connectivity index (χ0v) is 12.4. The predicted octanol–water partition coefficient (Wildman–Crippen LogP) is 0.982. The molecule has 0 amide bonds. The van der Waals surface area contributed by atoms with E-state index in [-0.39, 0.29) is 24.8 Å². The van der Waals surface area contributed by atoms with Gasteiger partial charge in [-0.15, -0.1) is 0 Å². The van der Waals surface area contributed by atoms with E-state index in [9.17, 15) is 10.2 Å². The van der Waals surface area contributed by atoms with Crippen molar-refractivity contribution in [2.45, 2.75) is 44.4 Å². The molecule has 0 radical (unpaired) electrons. The first-order chi connectivity index (χ1) is 9.55.